The Kier molecular flexibility index (Phi) is 10.7. The summed E-state index contributed by atoms with van der Waals surface area (Å²) in [4.78, 5) is 38.5. The predicted octanol–water partition coefficient (Wildman–Crippen LogP) is 5.13. The number of nitrogens with one attached hydrogen (secondary N) is 1. The van der Waals surface area contributed by atoms with Gasteiger partial charge in [-0.25, -0.2) is 4.79 Å². The van der Waals surface area contributed by atoms with Crippen molar-refractivity contribution in [3.05, 3.63) is 89.7 Å². The van der Waals surface area contributed by atoms with Crippen molar-refractivity contribution < 1.29 is 19.1 Å². The highest BCUT2D eigenvalue weighted by molar-refractivity contribution is 6.04. The summed E-state index contributed by atoms with van der Waals surface area (Å²) in [5.41, 5.74) is 9.18. The molecule has 1 aromatic carbocycles. The number of urea groups is 1. The Balaban J connectivity index is 1.43. The maximum absolute atomic E-state index is 13.4. The number of nitrogens with zero attached hydrogens (tertiary/aromatic N) is 4. The van der Waals surface area contributed by atoms with Crippen LogP contribution in [0.5, 0.6) is 0 Å². The second kappa shape index (κ2) is 14.8. The van der Waals surface area contributed by atoms with Gasteiger partial charge in [0.25, 0.3) is 5.91 Å². The normalized spacial score (nSPS) is 15.5. The van der Waals surface area contributed by atoms with Gasteiger partial charge in [-0.15, -0.1) is 0 Å². The molecule has 4 rings (SSSR count). The van der Waals surface area contributed by atoms with Crippen molar-refractivity contribution >= 4 is 29.2 Å². The maximum Gasteiger partial charge on any atom is 0.347 e. The summed E-state index contributed by atoms with van der Waals surface area (Å²) in [5.74, 6) is 0.501. The number of anilines is 2. The zero-order chi connectivity index (χ0) is 29.0. The highest BCUT2D eigenvalue weighted by Crippen LogP contribution is 2.23. The molecule has 2 heterocycles. The van der Waals surface area contributed by atoms with Crippen LogP contribution in [0.1, 0.15) is 49.2 Å². The minimum atomic E-state index is -0.418. The molecule has 0 spiro atoms. The summed E-state index contributed by atoms with van der Waals surface area (Å²) in [6.07, 6.45) is 12.0. The molecule has 3 N–H and O–H groups in total. The smallest absolute Gasteiger partial charge is 0.347 e. The number of para-hydroxylation sites is 2. The molecule has 0 saturated carbocycles. The summed E-state index contributed by atoms with van der Waals surface area (Å²) in [6, 6.07) is 10.0. The molecule has 1 aromatic heterocycles. The molecule has 0 unspecified atom stereocenters. The standard InChI is InChI=1S/C31H38N6O4/c1-3-36(4-2)16-17-37(31(39)35-29-22-40-21-25(41-29)18-23-10-6-5-7-11-23)20-24-14-15-28(33-19-24)30(38)34-27-13-9-8-12-26(27)32/h5-6,8-10,12-15,19,21H,3-4,7,11,16-18,20,22,32H2,1-2H3,(H,34,38). The fourth-order valence-electron chi connectivity index (χ4n) is 4.46. The van der Waals surface area contributed by atoms with E-state index in [1.807, 2.05) is 6.08 Å². The number of benzene rings is 1. The molecule has 0 radical (unpaired) electrons. The van der Waals surface area contributed by atoms with E-state index in [0.717, 1.165) is 31.5 Å². The van der Waals surface area contributed by atoms with Gasteiger partial charge in [0.1, 0.15) is 17.7 Å². The third-order valence-electron chi connectivity index (χ3n) is 6.88. The average Bonchev–Trinajstić information content (AvgIpc) is 2.99. The van der Waals surface area contributed by atoms with Gasteiger partial charge in [-0.3, -0.25) is 9.78 Å². The number of ether oxygens (including phenoxy) is 2. The lowest BCUT2D eigenvalue weighted by Gasteiger charge is -2.26. The van der Waals surface area contributed by atoms with Gasteiger partial charge in [0.15, 0.2) is 6.61 Å². The lowest BCUT2D eigenvalue weighted by Crippen LogP contribution is -2.37. The first-order chi connectivity index (χ1) is 19.9. The van der Waals surface area contributed by atoms with Gasteiger partial charge in [-0.1, -0.05) is 55.8 Å². The molecule has 0 atom stereocenters. The number of amides is 3. The molecule has 3 amide bonds. The molecule has 2 aromatic rings. The van der Waals surface area contributed by atoms with E-state index >= 15 is 0 Å². The Labute approximate surface area is 241 Å². The number of aromatic nitrogens is 1. The largest absolute Gasteiger partial charge is 0.488 e. The van der Waals surface area contributed by atoms with Crippen LogP contribution in [-0.4, -0.2) is 65.4 Å². The monoisotopic (exact) mass is 558 g/mol. The first-order valence-electron chi connectivity index (χ1n) is 14.0. The summed E-state index contributed by atoms with van der Waals surface area (Å²) in [6.45, 7) is 7.46. The molecular formula is C31H38N6O4. The van der Waals surface area contributed by atoms with E-state index in [0.29, 0.717) is 36.6 Å². The SMILES string of the molecule is CCN(CC)CCN(Cc1ccc(C(=O)Nc2ccccc2N)nc1)C(=O)N=C1COC=C(CC2=CC=CCC2)O1. The third kappa shape index (κ3) is 8.77. The Morgan fingerprint density at radius 1 is 1.12 bits per heavy atom. The molecule has 1 aliphatic carbocycles. The van der Waals surface area contributed by atoms with E-state index in [2.05, 4.69) is 46.2 Å². The summed E-state index contributed by atoms with van der Waals surface area (Å²) in [7, 11) is 0. The highest BCUT2D eigenvalue weighted by atomic mass is 16.6. The topological polar surface area (TPSA) is 122 Å². The maximum atomic E-state index is 13.4. The van der Waals surface area contributed by atoms with E-state index in [1.165, 1.54) is 5.57 Å². The lowest BCUT2D eigenvalue weighted by molar-refractivity contribution is 0.102. The number of hydrogen-bond acceptors (Lipinski definition) is 7. The van der Waals surface area contributed by atoms with Crippen LogP contribution in [0.2, 0.25) is 0 Å². The lowest BCUT2D eigenvalue weighted by atomic mass is 10.0. The number of nitrogen functional groups attached to an aromatic ring is 1. The van der Waals surface area contributed by atoms with Crippen molar-refractivity contribution in [1.29, 1.82) is 0 Å². The van der Waals surface area contributed by atoms with E-state index < -0.39 is 6.03 Å². The molecule has 10 nitrogen and oxygen atoms in total. The van der Waals surface area contributed by atoms with Crippen LogP contribution in [0, 0.1) is 0 Å². The van der Waals surface area contributed by atoms with Gasteiger partial charge >= 0.3 is 6.03 Å². The Hall–Kier alpha value is -4.44. The van der Waals surface area contributed by atoms with E-state index in [9.17, 15) is 9.59 Å². The van der Waals surface area contributed by atoms with Crippen LogP contribution < -0.4 is 11.1 Å². The van der Waals surface area contributed by atoms with Gasteiger partial charge in [0, 0.05) is 32.3 Å². The van der Waals surface area contributed by atoms with E-state index in [1.54, 1.807) is 53.8 Å². The molecule has 2 aliphatic rings. The van der Waals surface area contributed by atoms with Crippen molar-refractivity contribution in [2.75, 3.05) is 43.8 Å². The molecule has 0 saturated heterocycles. The average molecular weight is 559 g/mol. The van der Waals surface area contributed by atoms with E-state index in [-0.39, 0.29) is 30.7 Å². The number of nitrogens with two attached hydrogens (primary N) is 1. The number of rotatable bonds is 11. The van der Waals surface area contributed by atoms with Gasteiger partial charge in [-0.2, -0.15) is 4.99 Å². The minimum absolute atomic E-state index is 0.0926. The molecule has 10 heteroatoms. The van der Waals surface area contributed by atoms with E-state index in [4.69, 9.17) is 15.2 Å². The van der Waals surface area contributed by atoms with Gasteiger partial charge in [0.05, 0.1) is 11.4 Å². The van der Waals surface area contributed by atoms with Crippen molar-refractivity contribution in [2.45, 2.75) is 39.7 Å². The fourth-order valence-corrected chi connectivity index (χ4v) is 4.46. The number of allylic oxidation sites excluding steroid dienone is 4. The van der Waals surface area contributed by atoms with Gasteiger partial charge < -0.3 is 30.3 Å². The number of carbonyl (C=O) groups excluding carboxylic acids is 2. The Bertz CT molecular complexity index is 1330. The molecule has 216 valence electrons. The summed E-state index contributed by atoms with van der Waals surface area (Å²) in [5, 5.41) is 2.77. The predicted molar refractivity (Wildman–Crippen MR) is 160 cm³/mol. The molecule has 1 aliphatic heterocycles. The zero-order valence-corrected chi connectivity index (χ0v) is 23.7. The van der Waals surface area contributed by atoms with Crippen LogP contribution in [0.25, 0.3) is 0 Å². The summed E-state index contributed by atoms with van der Waals surface area (Å²) >= 11 is 0. The fraction of sp³-hybridized carbons (Fsp3) is 0.355. The van der Waals surface area contributed by atoms with Gasteiger partial charge in [-0.05, 0) is 49.7 Å². The molecular weight excluding hydrogens is 520 g/mol. The zero-order valence-electron chi connectivity index (χ0n) is 23.7. The number of hydrogen-bond donors (Lipinski definition) is 2. The highest BCUT2D eigenvalue weighted by Gasteiger charge is 2.20. The molecule has 41 heavy (non-hydrogen) atoms. The van der Waals surface area contributed by atoms with Crippen LogP contribution in [0.4, 0.5) is 16.2 Å². The number of carbonyl (C=O) groups is 2. The number of aliphatic imine (C=N–C) groups is 1. The Morgan fingerprint density at radius 3 is 2.66 bits per heavy atom. The molecule has 0 bridgehead atoms. The van der Waals surface area contributed by atoms with Crippen LogP contribution >= 0.6 is 0 Å². The van der Waals surface area contributed by atoms with Crippen LogP contribution in [0.3, 0.4) is 0 Å². The van der Waals surface area contributed by atoms with Crippen LogP contribution in [0.15, 0.2) is 83.4 Å². The number of pyridine rings is 1. The number of likely N-dealkylation sites (N-methyl/N-ethyl adjacent to an activating group) is 1. The third-order valence-corrected chi connectivity index (χ3v) is 6.88. The molecule has 0 fully saturated rings. The quantitative estimate of drug-likeness (QED) is 0.367. The van der Waals surface area contributed by atoms with Crippen molar-refractivity contribution in [3.63, 3.8) is 0 Å². The summed E-state index contributed by atoms with van der Waals surface area (Å²) < 4.78 is 11.5. The second-order valence-corrected chi connectivity index (χ2v) is 9.80. The van der Waals surface area contributed by atoms with Crippen molar-refractivity contribution in [2.24, 2.45) is 4.99 Å². The first kappa shape index (κ1) is 29.5. The van der Waals surface area contributed by atoms with Crippen LogP contribution in [-0.2, 0) is 16.0 Å². The first-order valence-corrected chi connectivity index (χ1v) is 14.0. The van der Waals surface area contributed by atoms with Crippen molar-refractivity contribution in [1.82, 2.24) is 14.8 Å². The minimum Gasteiger partial charge on any atom is -0.488 e. The second-order valence-electron chi connectivity index (χ2n) is 9.80. The Morgan fingerprint density at radius 2 is 1.95 bits per heavy atom. The van der Waals surface area contributed by atoms with Crippen molar-refractivity contribution in [3.8, 4) is 0 Å². The van der Waals surface area contributed by atoms with Gasteiger partial charge in [0.2, 0.25) is 5.90 Å².